The Bertz CT molecular complexity index is 913. The Morgan fingerprint density at radius 1 is 1.16 bits per heavy atom. The number of rotatable bonds is 8. The van der Waals surface area contributed by atoms with Crippen molar-refractivity contribution in [3.8, 4) is 5.75 Å². The quantitative estimate of drug-likeness (QED) is 0.680. The van der Waals surface area contributed by atoms with Crippen molar-refractivity contribution in [2.45, 2.75) is 51.6 Å². The average molecular weight is 434 g/mol. The van der Waals surface area contributed by atoms with Crippen LogP contribution >= 0.6 is 0 Å². The number of ether oxygens (including phenoxy) is 1. The maximum absolute atomic E-state index is 12.4. The fourth-order valence-electron chi connectivity index (χ4n) is 3.64. The molecule has 0 aromatic heterocycles. The van der Waals surface area contributed by atoms with E-state index in [1.807, 2.05) is 31.2 Å². The minimum atomic E-state index is -4.74. The Labute approximate surface area is 179 Å². The van der Waals surface area contributed by atoms with Gasteiger partial charge in [0.1, 0.15) is 5.75 Å². The van der Waals surface area contributed by atoms with Crippen LogP contribution < -0.4 is 10.1 Å². The zero-order valence-corrected chi connectivity index (χ0v) is 17.2. The van der Waals surface area contributed by atoms with E-state index in [-0.39, 0.29) is 36.6 Å². The summed E-state index contributed by atoms with van der Waals surface area (Å²) in [5, 5.41) is 2.79. The molecular weight excluding hydrogens is 409 g/mol. The maximum Gasteiger partial charge on any atom is 0.573 e. The van der Waals surface area contributed by atoms with Crippen LogP contribution in [-0.2, 0) is 22.6 Å². The second kappa shape index (κ2) is 9.85. The Balaban J connectivity index is 1.48. The highest BCUT2D eigenvalue weighted by molar-refractivity contribution is 5.82. The molecule has 3 rings (SSSR count). The number of halogens is 3. The zero-order valence-electron chi connectivity index (χ0n) is 17.2. The van der Waals surface area contributed by atoms with Crippen LogP contribution in [0.2, 0.25) is 0 Å². The number of benzene rings is 2. The summed E-state index contributed by atoms with van der Waals surface area (Å²) in [5.41, 5.74) is 2.79. The summed E-state index contributed by atoms with van der Waals surface area (Å²) in [6.07, 6.45) is -3.10. The van der Waals surface area contributed by atoms with E-state index in [2.05, 4.69) is 10.1 Å². The van der Waals surface area contributed by atoms with Crippen molar-refractivity contribution in [1.29, 1.82) is 0 Å². The van der Waals surface area contributed by atoms with Gasteiger partial charge in [0.05, 0.1) is 0 Å². The van der Waals surface area contributed by atoms with E-state index in [9.17, 15) is 22.8 Å². The van der Waals surface area contributed by atoms with Gasteiger partial charge in [-0.1, -0.05) is 42.0 Å². The lowest BCUT2D eigenvalue weighted by atomic mass is 10.1. The first-order valence-electron chi connectivity index (χ1n) is 10.2. The average Bonchev–Trinajstić information content (AvgIpc) is 3.02. The summed E-state index contributed by atoms with van der Waals surface area (Å²) in [7, 11) is 0. The molecule has 2 aromatic carbocycles. The molecule has 1 atom stereocenters. The number of nitrogens with one attached hydrogen (secondary N) is 1. The normalized spacial score (nSPS) is 16.5. The van der Waals surface area contributed by atoms with E-state index in [0.717, 1.165) is 11.1 Å². The second-order valence-electron chi connectivity index (χ2n) is 7.70. The Morgan fingerprint density at radius 2 is 1.90 bits per heavy atom. The van der Waals surface area contributed by atoms with Crippen LogP contribution in [-0.4, -0.2) is 35.7 Å². The molecule has 166 valence electrons. The maximum atomic E-state index is 12.4. The van der Waals surface area contributed by atoms with E-state index < -0.39 is 6.36 Å². The highest BCUT2D eigenvalue weighted by Gasteiger charge is 2.32. The molecule has 1 heterocycles. The Morgan fingerprint density at radius 3 is 2.61 bits per heavy atom. The Kier molecular flexibility index (Phi) is 7.20. The van der Waals surface area contributed by atoms with E-state index in [4.69, 9.17) is 0 Å². The van der Waals surface area contributed by atoms with Crippen LogP contribution in [0.25, 0.3) is 0 Å². The van der Waals surface area contributed by atoms with Crippen molar-refractivity contribution in [1.82, 2.24) is 10.2 Å². The third kappa shape index (κ3) is 7.01. The molecule has 1 aliphatic rings. The lowest BCUT2D eigenvalue weighted by Crippen LogP contribution is -2.37. The van der Waals surface area contributed by atoms with Gasteiger partial charge in [-0.05, 0) is 43.0 Å². The molecule has 1 fully saturated rings. The molecule has 2 aromatic rings. The minimum Gasteiger partial charge on any atom is -0.406 e. The molecule has 1 saturated heterocycles. The highest BCUT2D eigenvalue weighted by atomic mass is 19.4. The fraction of sp³-hybridized carbons (Fsp3) is 0.391. The number of hydrogen-bond donors (Lipinski definition) is 1. The van der Waals surface area contributed by atoms with Gasteiger partial charge in [-0.2, -0.15) is 0 Å². The van der Waals surface area contributed by atoms with E-state index >= 15 is 0 Å². The van der Waals surface area contributed by atoms with Gasteiger partial charge in [-0.3, -0.25) is 9.59 Å². The van der Waals surface area contributed by atoms with E-state index in [1.165, 1.54) is 18.2 Å². The Hall–Kier alpha value is -3.03. The van der Waals surface area contributed by atoms with Crippen molar-refractivity contribution < 1.29 is 27.5 Å². The summed E-state index contributed by atoms with van der Waals surface area (Å²) < 4.78 is 40.9. The van der Waals surface area contributed by atoms with Gasteiger partial charge in [-0.15, -0.1) is 13.2 Å². The topological polar surface area (TPSA) is 58.6 Å². The molecule has 31 heavy (non-hydrogen) atoms. The number of aryl methyl sites for hydroxylation is 1. The molecule has 2 amide bonds. The van der Waals surface area contributed by atoms with Crippen molar-refractivity contribution in [3.63, 3.8) is 0 Å². The summed E-state index contributed by atoms with van der Waals surface area (Å²) in [6, 6.07) is 13.5. The number of carbonyl (C=O) groups excluding carboxylic acids is 2. The van der Waals surface area contributed by atoms with Crippen molar-refractivity contribution in [2.75, 3.05) is 6.54 Å². The predicted octanol–water partition coefficient (Wildman–Crippen LogP) is 4.13. The zero-order chi connectivity index (χ0) is 22.4. The summed E-state index contributed by atoms with van der Waals surface area (Å²) >= 11 is 0. The molecular formula is C23H25F3N2O3. The first-order valence-corrected chi connectivity index (χ1v) is 10.2. The number of likely N-dealkylation sites (tertiary alicyclic amines) is 1. The van der Waals surface area contributed by atoms with Gasteiger partial charge < -0.3 is 15.0 Å². The number of nitrogens with zero attached hydrogens (tertiary/aromatic N) is 1. The van der Waals surface area contributed by atoms with E-state index in [1.54, 1.807) is 11.0 Å². The van der Waals surface area contributed by atoms with Gasteiger partial charge in [0.2, 0.25) is 11.8 Å². The van der Waals surface area contributed by atoms with Gasteiger partial charge >= 0.3 is 6.36 Å². The number of amides is 2. The number of alkyl halides is 3. The molecule has 1 unspecified atom stereocenters. The number of hydrogen-bond acceptors (Lipinski definition) is 3. The van der Waals surface area contributed by atoms with Crippen LogP contribution in [0.1, 0.15) is 36.0 Å². The minimum absolute atomic E-state index is 0.0415. The summed E-state index contributed by atoms with van der Waals surface area (Å²) in [4.78, 5) is 26.4. The SMILES string of the molecule is Cc1ccc(CN2C(=O)CCC2CC(=O)NCCc2cccc(OC(F)(F)F)c2)cc1. The summed E-state index contributed by atoms with van der Waals surface area (Å²) in [6.45, 7) is 2.76. The molecule has 1 aliphatic heterocycles. The largest absolute Gasteiger partial charge is 0.573 e. The predicted molar refractivity (Wildman–Crippen MR) is 109 cm³/mol. The molecule has 0 radical (unpaired) electrons. The molecule has 1 N–H and O–H groups in total. The first kappa shape index (κ1) is 22.7. The van der Waals surface area contributed by atoms with Crippen LogP contribution in [0.4, 0.5) is 13.2 Å². The van der Waals surface area contributed by atoms with E-state index in [0.29, 0.717) is 31.4 Å². The van der Waals surface area contributed by atoms with Gasteiger partial charge in [-0.25, -0.2) is 0 Å². The molecule has 0 aliphatic carbocycles. The van der Waals surface area contributed by atoms with Crippen molar-refractivity contribution in [2.24, 2.45) is 0 Å². The second-order valence-corrected chi connectivity index (χ2v) is 7.70. The standard InChI is InChI=1S/C23H25F3N2O3/c1-16-5-7-18(8-6-16)15-28-19(9-10-22(28)30)14-21(29)27-12-11-17-3-2-4-20(13-17)31-23(24,25)26/h2-8,13,19H,9-12,14-15H2,1H3,(H,27,29). The number of carbonyl (C=O) groups is 2. The van der Waals surface area contributed by atoms with Gasteiger partial charge in [0.25, 0.3) is 0 Å². The van der Waals surface area contributed by atoms with Gasteiger partial charge in [0, 0.05) is 32.0 Å². The lowest BCUT2D eigenvalue weighted by molar-refractivity contribution is -0.274. The molecule has 8 heteroatoms. The highest BCUT2D eigenvalue weighted by Crippen LogP contribution is 2.25. The van der Waals surface area contributed by atoms with Crippen molar-refractivity contribution >= 4 is 11.8 Å². The molecule has 0 bridgehead atoms. The lowest BCUT2D eigenvalue weighted by Gasteiger charge is -2.24. The van der Waals surface area contributed by atoms with Crippen LogP contribution in [0.5, 0.6) is 5.75 Å². The van der Waals surface area contributed by atoms with Gasteiger partial charge in [0.15, 0.2) is 0 Å². The van der Waals surface area contributed by atoms with Crippen LogP contribution in [0.3, 0.4) is 0 Å². The third-order valence-electron chi connectivity index (χ3n) is 5.21. The monoisotopic (exact) mass is 434 g/mol. The smallest absolute Gasteiger partial charge is 0.406 e. The van der Waals surface area contributed by atoms with Crippen LogP contribution in [0.15, 0.2) is 48.5 Å². The summed E-state index contributed by atoms with van der Waals surface area (Å²) in [5.74, 6) is -0.427. The molecule has 5 nitrogen and oxygen atoms in total. The molecule has 0 spiro atoms. The van der Waals surface area contributed by atoms with Crippen molar-refractivity contribution in [3.05, 3.63) is 65.2 Å². The third-order valence-corrected chi connectivity index (χ3v) is 5.21. The fourth-order valence-corrected chi connectivity index (χ4v) is 3.64. The van der Waals surface area contributed by atoms with Crippen LogP contribution in [0, 0.1) is 6.92 Å². The molecule has 0 saturated carbocycles. The first-order chi connectivity index (χ1) is 14.7.